The molecule has 0 bridgehead atoms. The van der Waals surface area contributed by atoms with E-state index in [0.29, 0.717) is 17.3 Å². The number of nitro groups is 1. The molecule has 8 nitrogen and oxygen atoms in total. The molecule has 0 aliphatic rings. The molecule has 0 saturated carbocycles. The maximum absolute atomic E-state index is 11.7. The van der Waals surface area contributed by atoms with Gasteiger partial charge in [0, 0.05) is 19.9 Å². The zero-order valence-electron chi connectivity index (χ0n) is 10.7. The van der Waals surface area contributed by atoms with E-state index in [-0.39, 0.29) is 4.90 Å². The lowest BCUT2D eigenvalue weighted by molar-refractivity contribution is -0.402. The van der Waals surface area contributed by atoms with Gasteiger partial charge in [0.1, 0.15) is 5.41 Å². The summed E-state index contributed by atoms with van der Waals surface area (Å²) in [6.45, 7) is 0. The Hall–Kier alpha value is -1.54. The number of nitrogens with one attached hydrogen (secondary N) is 1. The number of sulfone groups is 1. The lowest BCUT2D eigenvalue weighted by Crippen LogP contribution is -1.99. The molecule has 110 valence electrons. The Labute approximate surface area is 117 Å². The molecular weight excluding hydrogens is 307 g/mol. The molecule has 10 heteroatoms. The first-order chi connectivity index (χ1) is 9.39. The van der Waals surface area contributed by atoms with E-state index in [1.165, 1.54) is 38.5 Å². The molecule has 1 aromatic rings. The summed E-state index contributed by atoms with van der Waals surface area (Å²) in [5.74, 6) is 0. The third kappa shape index (κ3) is 4.86. The Morgan fingerprint density at radius 3 is 2.25 bits per heavy atom. The SMILES string of the molecule is COP(Nc1ccc(S(=O)(=O)C=C[N+](=O)[O-])cc1)OC. The van der Waals surface area contributed by atoms with Crippen molar-refractivity contribution in [3.63, 3.8) is 0 Å². The van der Waals surface area contributed by atoms with Crippen molar-refractivity contribution in [3.05, 3.63) is 46.0 Å². The monoisotopic (exact) mass is 320 g/mol. The van der Waals surface area contributed by atoms with Crippen LogP contribution in [-0.4, -0.2) is 27.6 Å². The normalized spacial score (nSPS) is 11.9. The second kappa shape index (κ2) is 7.30. The Morgan fingerprint density at radius 2 is 1.80 bits per heavy atom. The van der Waals surface area contributed by atoms with Gasteiger partial charge in [-0.25, -0.2) is 8.42 Å². The lowest BCUT2D eigenvalue weighted by atomic mass is 10.3. The highest BCUT2D eigenvalue weighted by Gasteiger charge is 2.13. The fourth-order valence-electron chi connectivity index (χ4n) is 1.20. The van der Waals surface area contributed by atoms with Crippen molar-refractivity contribution in [2.45, 2.75) is 4.90 Å². The molecule has 1 aromatic carbocycles. The van der Waals surface area contributed by atoms with Crippen LogP contribution in [0.25, 0.3) is 0 Å². The van der Waals surface area contributed by atoms with Crippen molar-refractivity contribution < 1.29 is 22.4 Å². The Bertz CT molecular complexity index is 582. The molecule has 0 aliphatic heterocycles. The summed E-state index contributed by atoms with van der Waals surface area (Å²) < 4.78 is 33.4. The largest absolute Gasteiger partial charge is 0.321 e. The quantitative estimate of drug-likeness (QED) is 0.466. The number of nitrogens with zero attached hydrogens (tertiary/aromatic N) is 1. The highest BCUT2D eigenvalue weighted by Crippen LogP contribution is 2.36. The van der Waals surface area contributed by atoms with Gasteiger partial charge in [-0.2, -0.15) is 0 Å². The van der Waals surface area contributed by atoms with Gasteiger partial charge in [0.15, 0.2) is 0 Å². The van der Waals surface area contributed by atoms with Gasteiger partial charge in [-0.15, -0.1) is 0 Å². The van der Waals surface area contributed by atoms with E-state index in [4.69, 9.17) is 9.05 Å². The van der Waals surface area contributed by atoms with Gasteiger partial charge in [0.25, 0.3) is 8.53 Å². The first-order valence-electron chi connectivity index (χ1n) is 5.21. The van der Waals surface area contributed by atoms with E-state index in [9.17, 15) is 18.5 Å². The predicted molar refractivity (Wildman–Crippen MR) is 74.3 cm³/mol. The zero-order valence-corrected chi connectivity index (χ0v) is 12.4. The van der Waals surface area contributed by atoms with Crippen molar-refractivity contribution in [1.82, 2.24) is 0 Å². The van der Waals surface area contributed by atoms with Gasteiger partial charge in [0.05, 0.1) is 9.82 Å². The molecule has 0 aromatic heterocycles. The van der Waals surface area contributed by atoms with E-state index in [1.807, 2.05) is 0 Å². The van der Waals surface area contributed by atoms with Crippen LogP contribution in [0.1, 0.15) is 0 Å². The molecule has 0 radical (unpaired) electrons. The number of rotatable bonds is 7. The highest BCUT2D eigenvalue weighted by atomic mass is 32.2. The van der Waals surface area contributed by atoms with Crippen LogP contribution in [0, 0.1) is 10.1 Å². The van der Waals surface area contributed by atoms with E-state index >= 15 is 0 Å². The summed E-state index contributed by atoms with van der Waals surface area (Å²) in [5, 5.41) is 13.6. The predicted octanol–water partition coefficient (Wildman–Crippen LogP) is 2.14. The third-order valence-corrected chi connectivity index (χ3v) is 4.61. The fourth-order valence-corrected chi connectivity index (χ4v) is 2.82. The van der Waals surface area contributed by atoms with Crippen molar-refractivity contribution in [2.24, 2.45) is 0 Å². The minimum absolute atomic E-state index is 0.0414. The molecule has 0 heterocycles. The van der Waals surface area contributed by atoms with Crippen LogP contribution in [0.5, 0.6) is 0 Å². The molecule has 1 N–H and O–H groups in total. The van der Waals surface area contributed by atoms with Crippen molar-refractivity contribution >= 4 is 24.1 Å². The van der Waals surface area contributed by atoms with Gasteiger partial charge in [0.2, 0.25) is 16.0 Å². The van der Waals surface area contributed by atoms with Gasteiger partial charge in [-0.1, -0.05) is 0 Å². The van der Waals surface area contributed by atoms with Crippen LogP contribution in [-0.2, 0) is 18.9 Å². The summed E-state index contributed by atoms with van der Waals surface area (Å²) in [6.07, 6.45) is 0.386. The summed E-state index contributed by atoms with van der Waals surface area (Å²) in [4.78, 5) is 9.26. The van der Waals surface area contributed by atoms with Gasteiger partial charge in [-0.05, 0) is 24.3 Å². The average molecular weight is 320 g/mol. The maximum Gasteiger partial charge on any atom is 0.286 e. The summed E-state index contributed by atoms with van der Waals surface area (Å²) in [5.41, 5.74) is 0.608. The molecule has 0 fully saturated rings. The second-order valence-electron chi connectivity index (χ2n) is 3.37. The Balaban J connectivity index is 2.88. The van der Waals surface area contributed by atoms with E-state index in [0.717, 1.165) is 0 Å². The summed E-state index contributed by atoms with van der Waals surface area (Å²) in [7, 11) is -2.16. The van der Waals surface area contributed by atoms with Crippen LogP contribution in [0.3, 0.4) is 0 Å². The maximum atomic E-state index is 11.7. The first kappa shape index (κ1) is 16.5. The summed E-state index contributed by atoms with van der Waals surface area (Å²) >= 11 is 0. The molecule has 0 atom stereocenters. The van der Waals surface area contributed by atoms with Crippen molar-refractivity contribution in [1.29, 1.82) is 0 Å². The Kier molecular flexibility index (Phi) is 6.03. The minimum Gasteiger partial charge on any atom is -0.321 e. The number of hydrogen-bond acceptors (Lipinski definition) is 7. The minimum atomic E-state index is -3.82. The van der Waals surface area contributed by atoms with Gasteiger partial charge in [-0.3, -0.25) is 10.1 Å². The number of benzene rings is 1. The van der Waals surface area contributed by atoms with Gasteiger partial charge >= 0.3 is 0 Å². The fraction of sp³-hybridized carbons (Fsp3) is 0.200. The smallest absolute Gasteiger partial charge is 0.286 e. The van der Waals surface area contributed by atoms with E-state index in [2.05, 4.69) is 5.09 Å². The standard InChI is InChI=1S/C10H13N2O6PS/c1-17-19(18-2)11-9-3-5-10(6-4-9)20(15,16)8-7-12(13)14/h3-8,11H,1-2H3. The van der Waals surface area contributed by atoms with Crippen LogP contribution in [0.2, 0.25) is 0 Å². The summed E-state index contributed by atoms with van der Waals surface area (Å²) in [6, 6.07) is 5.70. The molecule has 20 heavy (non-hydrogen) atoms. The highest BCUT2D eigenvalue weighted by molar-refractivity contribution is 7.94. The molecule has 0 spiro atoms. The molecule has 1 rings (SSSR count). The molecular formula is C10H13N2O6PS. The Morgan fingerprint density at radius 1 is 1.25 bits per heavy atom. The number of anilines is 1. The first-order valence-corrected chi connectivity index (χ1v) is 7.93. The van der Waals surface area contributed by atoms with Crippen LogP contribution >= 0.6 is 8.53 Å². The van der Waals surface area contributed by atoms with Crippen molar-refractivity contribution in [2.75, 3.05) is 19.3 Å². The van der Waals surface area contributed by atoms with Crippen molar-refractivity contribution in [3.8, 4) is 0 Å². The lowest BCUT2D eigenvalue weighted by Gasteiger charge is -2.14. The van der Waals surface area contributed by atoms with Gasteiger partial charge < -0.3 is 14.1 Å². The average Bonchev–Trinajstić information content (AvgIpc) is 2.43. The zero-order chi connectivity index (χ0) is 15.2. The van der Waals surface area contributed by atoms with E-state index in [1.54, 1.807) is 0 Å². The van der Waals surface area contributed by atoms with E-state index < -0.39 is 23.3 Å². The van der Waals surface area contributed by atoms with Crippen LogP contribution in [0.4, 0.5) is 5.69 Å². The molecule has 0 saturated heterocycles. The topological polar surface area (TPSA) is 108 Å². The van der Waals surface area contributed by atoms with Crippen LogP contribution < -0.4 is 5.09 Å². The van der Waals surface area contributed by atoms with Crippen LogP contribution in [0.15, 0.2) is 40.8 Å². The molecule has 0 amide bonds. The molecule has 0 aliphatic carbocycles. The number of hydrogen-bond donors (Lipinski definition) is 1. The molecule has 0 unspecified atom stereocenters. The third-order valence-electron chi connectivity index (χ3n) is 2.10. The second-order valence-corrected chi connectivity index (χ2v) is 6.68.